The van der Waals surface area contributed by atoms with Crippen LogP contribution in [-0.4, -0.2) is 13.7 Å². The average molecular weight is 143 g/mol. The van der Waals surface area contributed by atoms with Gasteiger partial charge in [0.15, 0.2) is 0 Å². The van der Waals surface area contributed by atoms with Crippen LogP contribution in [0.2, 0.25) is 0 Å². The molecule has 10 heavy (non-hydrogen) atoms. The van der Waals surface area contributed by atoms with Crippen LogP contribution >= 0.6 is 0 Å². The molecule has 1 aliphatic carbocycles. The summed E-state index contributed by atoms with van der Waals surface area (Å²) in [6, 6.07) is 0. The predicted molar refractivity (Wildman–Crippen MR) is 41.6 cm³/mol. The van der Waals surface area contributed by atoms with Crippen molar-refractivity contribution in [2.45, 2.75) is 32.6 Å². The van der Waals surface area contributed by atoms with Gasteiger partial charge in [0.05, 0.1) is 7.11 Å². The van der Waals surface area contributed by atoms with Crippen molar-refractivity contribution in [1.29, 1.82) is 0 Å². The highest BCUT2D eigenvalue weighted by atomic mass is 16.6. The molecule has 1 N–H and O–H groups in total. The first-order valence-electron chi connectivity index (χ1n) is 4.03. The van der Waals surface area contributed by atoms with Gasteiger partial charge in [0.2, 0.25) is 0 Å². The lowest BCUT2D eigenvalue weighted by molar-refractivity contribution is 0.0616. The van der Waals surface area contributed by atoms with Crippen LogP contribution in [0.1, 0.15) is 32.6 Å². The molecule has 0 aromatic rings. The molecule has 60 valence electrons. The first-order valence-corrected chi connectivity index (χ1v) is 4.03. The van der Waals surface area contributed by atoms with E-state index in [0.717, 1.165) is 6.54 Å². The molecule has 0 atom stereocenters. The normalized spacial score (nSPS) is 23.4. The molecule has 1 saturated carbocycles. The zero-order valence-electron chi connectivity index (χ0n) is 6.94. The Bertz CT molecular complexity index is 97.4. The largest absolute Gasteiger partial charge is 0.305 e. The van der Waals surface area contributed by atoms with Gasteiger partial charge in [-0.2, -0.15) is 0 Å². The third-order valence-corrected chi connectivity index (χ3v) is 2.45. The van der Waals surface area contributed by atoms with Crippen LogP contribution in [0.3, 0.4) is 0 Å². The number of hydrogen-bond acceptors (Lipinski definition) is 2. The molecule has 2 heteroatoms. The highest BCUT2D eigenvalue weighted by Gasteiger charge is 2.27. The predicted octanol–water partition coefficient (Wildman–Crippen LogP) is 1.72. The summed E-state index contributed by atoms with van der Waals surface area (Å²) in [6.07, 6.45) is 5.48. The minimum atomic E-state index is 0.510. The Hall–Kier alpha value is -0.0800. The molecule has 0 radical (unpaired) electrons. The standard InChI is InChI=1S/C8H17NO/c1-8(7-9-10-2)5-3-4-6-8/h9H,3-7H2,1-2H3. The summed E-state index contributed by atoms with van der Waals surface area (Å²) in [5.74, 6) is 0. The molecule has 1 aliphatic rings. The van der Waals surface area contributed by atoms with Crippen LogP contribution in [0.5, 0.6) is 0 Å². The summed E-state index contributed by atoms with van der Waals surface area (Å²) in [6.45, 7) is 3.33. The van der Waals surface area contributed by atoms with E-state index >= 15 is 0 Å². The number of hydrogen-bond donors (Lipinski definition) is 1. The third-order valence-electron chi connectivity index (χ3n) is 2.45. The summed E-state index contributed by atoms with van der Waals surface area (Å²) in [5.41, 5.74) is 3.44. The van der Waals surface area contributed by atoms with Gasteiger partial charge in [0, 0.05) is 6.54 Å². The molecule has 0 unspecified atom stereocenters. The second kappa shape index (κ2) is 3.35. The van der Waals surface area contributed by atoms with Crippen LogP contribution in [0.25, 0.3) is 0 Å². The van der Waals surface area contributed by atoms with Gasteiger partial charge >= 0.3 is 0 Å². The molecule has 0 aliphatic heterocycles. The van der Waals surface area contributed by atoms with Crippen molar-refractivity contribution >= 4 is 0 Å². The van der Waals surface area contributed by atoms with Crippen LogP contribution in [0, 0.1) is 5.41 Å². The van der Waals surface area contributed by atoms with E-state index in [9.17, 15) is 0 Å². The molecule has 0 aromatic heterocycles. The van der Waals surface area contributed by atoms with Gasteiger partial charge in [0.1, 0.15) is 0 Å². The van der Waals surface area contributed by atoms with Gasteiger partial charge < -0.3 is 4.84 Å². The maximum Gasteiger partial charge on any atom is 0.0572 e. The summed E-state index contributed by atoms with van der Waals surface area (Å²) >= 11 is 0. The Morgan fingerprint density at radius 2 is 2.00 bits per heavy atom. The van der Waals surface area contributed by atoms with Gasteiger partial charge in [-0.3, -0.25) is 0 Å². The monoisotopic (exact) mass is 143 g/mol. The quantitative estimate of drug-likeness (QED) is 0.607. The van der Waals surface area contributed by atoms with E-state index in [1.54, 1.807) is 7.11 Å². The summed E-state index contributed by atoms with van der Waals surface area (Å²) in [7, 11) is 1.68. The highest BCUT2D eigenvalue weighted by molar-refractivity contribution is 4.80. The van der Waals surface area contributed by atoms with E-state index in [-0.39, 0.29) is 0 Å². The van der Waals surface area contributed by atoms with Gasteiger partial charge in [-0.05, 0) is 18.3 Å². The first kappa shape index (κ1) is 8.02. The molecular weight excluding hydrogens is 126 g/mol. The molecule has 0 spiro atoms. The van der Waals surface area contributed by atoms with Crippen LogP contribution in [0.15, 0.2) is 0 Å². The molecule has 0 aromatic carbocycles. The van der Waals surface area contributed by atoms with Crippen molar-refractivity contribution in [2.24, 2.45) is 5.41 Å². The van der Waals surface area contributed by atoms with E-state index in [2.05, 4.69) is 12.4 Å². The third kappa shape index (κ3) is 1.96. The zero-order valence-corrected chi connectivity index (χ0v) is 6.94. The maximum atomic E-state index is 4.82. The lowest BCUT2D eigenvalue weighted by Gasteiger charge is -2.22. The van der Waals surface area contributed by atoms with Gasteiger partial charge in [-0.15, -0.1) is 0 Å². The summed E-state index contributed by atoms with van der Waals surface area (Å²) in [4.78, 5) is 4.82. The molecule has 0 amide bonds. The lowest BCUT2D eigenvalue weighted by Crippen LogP contribution is -2.28. The van der Waals surface area contributed by atoms with Gasteiger partial charge in [-0.25, -0.2) is 5.48 Å². The van der Waals surface area contributed by atoms with Crippen molar-refractivity contribution in [3.8, 4) is 0 Å². The van der Waals surface area contributed by atoms with E-state index in [4.69, 9.17) is 4.84 Å². The Kier molecular flexibility index (Phi) is 2.69. The fraction of sp³-hybridized carbons (Fsp3) is 1.00. The first-order chi connectivity index (χ1) is 4.77. The van der Waals surface area contributed by atoms with E-state index in [1.165, 1.54) is 25.7 Å². The molecular formula is C8H17NO. The minimum absolute atomic E-state index is 0.510. The van der Waals surface area contributed by atoms with Crippen molar-refractivity contribution in [3.63, 3.8) is 0 Å². The van der Waals surface area contributed by atoms with Gasteiger partial charge in [0.25, 0.3) is 0 Å². The number of hydroxylamine groups is 1. The Labute approximate surface area is 62.9 Å². The average Bonchev–Trinajstić information content (AvgIpc) is 2.33. The maximum absolute atomic E-state index is 4.82. The topological polar surface area (TPSA) is 21.3 Å². The van der Waals surface area contributed by atoms with E-state index in [1.807, 2.05) is 0 Å². The summed E-state index contributed by atoms with van der Waals surface area (Å²) in [5, 5.41) is 0. The van der Waals surface area contributed by atoms with Crippen molar-refractivity contribution < 1.29 is 4.84 Å². The highest BCUT2D eigenvalue weighted by Crippen LogP contribution is 2.36. The molecule has 0 saturated heterocycles. The zero-order chi connectivity index (χ0) is 7.45. The van der Waals surface area contributed by atoms with Crippen LogP contribution < -0.4 is 5.48 Å². The molecule has 2 nitrogen and oxygen atoms in total. The van der Waals surface area contributed by atoms with Crippen molar-refractivity contribution in [3.05, 3.63) is 0 Å². The Morgan fingerprint density at radius 1 is 1.40 bits per heavy atom. The second-order valence-corrected chi connectivity index (χ2v) is 3.54. The molecule has 0 bridgehead atoms. The minimum Gasteiger partial charge on any atom is -0.305 e. The fourth-order valence-electron chi connectivity index (χ4n) is 1.65. The number of rotatable bonds is 3. The van der Waals surface area contributed by atoms with Crippen LogP contribution in [-0.2, 0) is 4.84 Å². The Morgan fingerprint density at radius 3 is 2.50 bits per heavy atom. The SMILES string of the molecule is CONCC1(C)CCCC1. The summed E-state index contributed by atoms with van der Waals surface area (Å²) < 4.78 is 0. The van der Waals surface area contributed by atoms with Crippen LogP contribution in [0.4, 0.5) is 0 Å². The molecule has 0 heterocycles. The second-order valence-electron chi connectivity index (χ2n) is 3.54. The lowest BCUT2D eigenvalue weighted by atomic mass is 9.89. The Balaban J connectivity index is 2.22. The molecule has 1 rings (SSSR count). The van der Waals surface area contributed by atoms with Crippen molar-refractivity contribution in [1.82, 2.24) is 5.48 Å². The fourth-order valence-corrected chi connectivity index (χ4v) is 1.65. The van der Waals surface area contributed by atoms with Crippen molar-refractivity contribution in [2.75, 3.05) is 13.7 Å². The molecule has 1 fully saturated rings. The number of nitrogens with one attached hydrogen (secondary N) is 1. The van der Waals surface area contributed by atoms with Gasteiger partial charge in [-0.1, -0.05) is 19.8 Å². The van der Waals surface area contributed by atoms with E-state index in [0.29, 0.717) is 5.41 Å². The smallest absolute Gasteiger partial charge is 0.0572 e. The van der Waals surface area contributed by atoms with E-state index < -0.39 is 0 Å².